The molecule has 0 radical (unpaired) electrons. The van der Waals surface area contributed by atoms with Crippen LogP contribution in [0.25, 0.3) is 0 Å². The van der Waals surface area contributed by atoms with E-state index in [0.717, 1.165) is 13.8 Å². The quantitative estimate of drug-likeness (QED) is 0.0165. The zero-order chi connectivity index (χ0) is 63.6. The summed E-state index contributed by atoms with van der Waals surface area (Å²) < 4.78 is 0. The number of guanidine groups is 2. The van der Waals surface area contributed by atoms with Gasteiger partial charge in [-0.15, -0.1) is 0 Å². The number of primary amides is 1. The lowest BCUT2D eigenvalue weighted by Gasteiger charge is -2.29. The number of phenolic OH excluding ortho intramolecular Hbond substituents is 1. The molecule has 1 aromatic rings. The number of aromatic hydroxyl groups is 1. The maximum Gasteiger partial charge on any atom is 0.305 e. The summed E-state index contributed by atoms with van der Waals surface area (Å²) in [5, 5.41) is 82.7. The fraction of sp³-hybridized carbons (Fsp3) is 0.635. The highest BCUT2D eigenvalue weighted by Crippen LogP contribution is 2.15. The van der Waals surface area contributed by atoms with Gasteiger partial charge in [-0.1, -0.05) is 52.2 Å². The van der Waals surface area contributed by atoms with Gasteiger partial charge in [0, 0.05) is 26.4 Å². The number of amides is 10. The van der Waals surface area contributed by atoms with Crippen molar-refractivity contribution >= 4 is 77.0 Å². The van der Waals surface area contributed by atoms with Crippen molar-refractivity contribution in [3.8, 4) is 5.75 Å². The minimum atomic E-state index is -2.00. The van der Waals surface area contributed by atoms with Crippen LogP contribution >= 0.6 is 0 Å². The fourth-order valence-electron chi connectivity index (χ4n) is 8.20. The van der Waals surface area contributed by atoms with Crippen molar-refractivity contribution in [3.05, 3.63) is 29.8 Å². The van der Waals surface area contributed by atoms with E-state index < -0.39 is 144 Å². The van der Waals surface area contributed by atoms with Gasteiger partial charge in [0.2, 0.25) is 59.1 Å². The van der Waals surface area contributed by atoms with Gasteiger partial charge >= 0.3 is 5.97 Å². The first-order valence-electron chi connectivity index (χ1n) is 27.7. The number of benzene rings is 1. The van der Waals surface area contributed by atoms with Crippen LogP contribution in [0.1, 0.15) is 117 Å². The molecule has 0 fully saturated rings. The van der Waals surface area contributed by atoms with Gasteiger partial charge in [0.1, 0.15) is 60.1 Å². The SMILES string of the molecule is CCCC[C@H](NC(=O)[C@H](CO)NC(=O)[C@H](CCCNC(=N)N)NC(C)=O)C(=O)N[C@H](C(=O)N[C@@H](CC(=O)O)C(=O)N[C@@H](CCCCN)C(=O)N[C@@H](Cc1ccc(O)cc1)C(=O)N[C@@H](CCCNC(=N)N)C(=O)N[C@H](C(N)=O)[C@@H](C)CC)[C@@H](C)O. The molecule has 0 heterocycles. The number of hydrogen-bond acceptors (Lipinski definition) is 17. The van der Waals surface area contributed by atoms with Crippen LogP contribution in [0, 0.1) is 16.7 Å². The number of carboxylic acids is 1. The average Bonchev–Trinajstić information content (AvgIpc) is 3.61. The number of carboxylic acid groups (broad SMARTS) is 1. The fourth-order valence-corrected chi connectivity index (χ4v) is 8.20. The summed E-state index contributed by atoms with van der Waals surface area (Å²) in [4.78, 5) is 148. The number of phenols is 1. The van der Waals surface area contributed by atoms with E-state index in [1.807, 2.05) is 0 Å². The summed E-state index contributed by atoms with van der Waals surface area (Å²) in [5.74, 6) is -12.5. The summed E-state index contributed by atoms with van der Waals surface area (Å²) in [5.41, 5.74) is 22.5. The van der Waals surface area contributed by atoms with Crippen LogP contribution < -0.4 is 81.4 Å². The number of rotatable bonds is 41. The third-order valence-corrected chi connectivity index (χ3v) is 13.1. The lowest BCUT2D eigenvalue weighted by Crippen LogP contribution is -2.62. The highest BCUT2D eigenvalue weighted by molar-refractivity contribution is 5.99. The Morgan fingerprint density at radius 1 is 0.536 bits per heavy atom. The van der Waals surface area contributed by atoms with Crippen molar-refractivity contribution in [2.75, 3.05) is 26.2 Å². The predicted octanol–water partition coefficient (Wildman–Crippen LogP) is -5.46. The molecule has 25 N–H and O–H groups in total. The zero-order valence-corrected chi connectivity index (χ0v) is 48.3. The lowest BCUT2D eigenvalue weighted by atomic mass is 9.97. The molecule has 0 aromatic heterocycles. The van der Waals surface area contributed by atoms with E-state index in [0.29, 0.717) is 31.2 Å². The van der Waals surface area contributed by atoms with Gasteiger partial charge in [-0.2, -0.15) is 0 Å². The molecule has 1 rings (SSSR count). The third-order valence-electron chi connectivity index (χ3n) is 13.1. The molecule has 11 atom stereocenters. The van der Waals surface area contributed by atoms with Crippen LogP contribution in [0.5, 0.6) is 5.75 Å². The summed E-state index contributed by atoms with van der Waals surface area (Å²) in [7, 11) is 0. The van der Waals surface area contributed by atoms with Crippen LogP contribution in [0.3, 0.4) is 0 Å². The highest BCUT2D eigenvalue weighted by Gasteiger charge is 2.37. The molecular formula is C52H89N17O15. The number of carbonyl (C=O) groups excluding carboxylic acids is 10. The first kappa shape index (κ1) is 73.6. The molecule has 0 spiro atoms. The second-order valence-corrected chi connectivity index (χ2v) is 20.2. The van der Waals surface area contributed by atoms with Crippen LogP contribution in [0.2, 0.25) is 0 Å². The molecule has 0 saturated carbocycles. The van der Waals surface area contributed by atoms with E-state index in [9.17, 15) is 73.2 Å². The Morgan fingerprint density at radius 3 is 1.37 bits per heavy atom. The molecule has 0 bridgehead atoms. The normalized spacial score (nSPS) is 14.9. The Hall–Kier alpha value is -8.39. The summed E-state index contributed by atoms with van der Waals surface area (Å²) in [6.45, 7) is 6.90. The van der Waals surface area contributed by atoms with Crippen molar-refractivity contribution in [2.24, 2.45) is 28.9 Å². The molecule has 0 aliphatic heterocycles. The molecule has 0 aliphatic carbocycles. The Labute approximate surface area is 487 Å². The average molecular weight is 1190 g/mol. The first-order valence-corrected chi connectivity index (χ1v) is 27.7. The Kier molecular flexibility index (Phi) is 34.3. The Bertz CT molecular complexity index is 2380. The van der Waals surface area contributed by atoms with E-state index in [1.54, 1.807) is 20.8 Å². The smallest absolute Gasteiger partial charge is 0.305 e. The van der Waals surface area contributed by atoms with E-state index in [1.165, 1.54) is 24.3 Å². The number of nitrogens with one attached hydrogen (secondary N) is 13. The van der Waals surface area contributed by atoms with Crippen molar-refractivity contribution in [1.82, 2.24) is 58.5 Å². The summed E-state index contributed by atoms with van der Waals surface area (Å²) in [6.07, 6.45) is -1.28. The Balaban J connectivity index is 3.58. The largest absolute Gasteiger partial charge is 0.508 e. The first-order chi connectivity index (χ1) is 39.6. The molecule has 1 aromatic carbocycles. The van der Waals surface area contributed by atoms with Gasteiger partial charge in [-0.3, -0.25) is 63.6 Å². The molecule has 84 heavy (non-hydrogen) atoms. The van der Waals surface area contributed by atoms with Crippen molar-refractivity contribution in [3.63, 3.8) is 0 Å². The maximum atomic E-state index is 14.4. The van der Waals surface area contributed by atoms with Crippen LogP contribution in [0.15, 0.2) is 24.3 Å². The lowest BCUT2D eigenvalue weighted by molar-refractivity contribution is -0.142. The van der Waals surface area contributed by atoms with E-state index in [4.69, 9.17) is 33.8 Å². The number of aliphatic hydroxyl groups is 2. The molecular weight excluding hydrogens is 1100 g/mol. The van der Waals surface area contributed by atoms with E-state index >= 15 is 0 Å². The number of aliphatic hydroxyl groups excluding tert-OH is 2. The second-order valence-electron chi connectivity index (χ2n) is 20.2. The predicted molar refractivity (Wildman–Crippen MR) is 305 cm³/mol. The molecule has 472 valence electrons. The van der Waals surface area contributed by atoms with Gasteiger partial charge in [0.05, 0.1) is 19.1 Å². The number of hydrogen-bond donors (Lipinski definition) is 21. The minimum Gasteiger partial charge on any atom is -0.508 e. The maximum absolute atomic E-state index is 14.4. The van der Waals surface area contributed by atoms with Gasteiger partial charge in [0.25, 0.3) is 0 Å². The monoisotopic (exact) mass is 1190 g/mol. The number of carbonyl (C=O) groups is 11. The summed E-state index contributed by atoms with van der Waals surface area (Å²) in [6, 6.07) is -8.31. The standard InChI is InChI=1S/C52H89N17O15/c1-6-8-13-33(64-49(83)38(26-70)67-43(77)32(61-29(5)72)15-11-22-59-51(55)56)46(80)69-41(28(4)71)50(84)66-37(25-39(74)75)48(82)62-34(14-9-10-21-53)44(78)65-36(24-30-17-19-31(73)20-18-30)47(81)63-35(16-12-23-60-52(57)58)45(79)68-40(42(54)76)27(3)7-2/h17-20,27-28,32-38,40-41,70-71,73H,6-16,21-26,53H2,1-5H3,(H2,54,76)(H,61,72)(H,62,82)(H,63,81)(H,64,83)(H,65,78)(H,66,84)(H,67,77)(H,68,79)(H,69,80)(H,74,75)(H4,55,56,59)(H4,57,58,60)/t27-,28+,32-,33-,34-,35-,36-,37-,38-,40-,41-/m0/s1. The topological polar surface area (TPSA) is 553 Å². The number of aliphatic carboxylic acids is 1. The van der Waals surface area contributed by atoms with Crippen LogP contribution in [0.4, 0.5) is 0 Å². The van der Waals surface area contributed by atoms with Gasteiger partial charge in [-0.05, 0) is 88.4 Å². The highest BCUT2D eigenvalue weighted by atomic mass is 16.4. The van der Waals surface area contributed by atoms with Gasteiger partial charge < -0.3 is 102 Å². The molecule has 0 aliphatic rings. The van der Waals surface area contributed by atoms with Crippen molar-refractivity contribution < 1.29 is 73.2 Å². The van der Waals surface area contributed by atoms with Crippen molar-refractivity contribution in [1.29, 1.82) is 10.8 Å². The minimum absolute atomic E-state index is 0.0243. The van der Waals surface area contributed by atoms with Crippen LogP contribution in [-0.4, -0.2) is 184 Å². The second kappa shape index (κ2) is 39.2. The zero-order valence-electron chi connectivity index (χ0n) is 48.3. The molecule has 32 heteroatoms. The third kappa shape index (κ3) is 28.5. The summed E-state index contributed by atoms with van der Waals surface area (Å²) >= 11 is 0. The van der Waals surface area contributed by atoms with Crippen molar-refractivity contribution in [2.45, 2.75) is 179 Å². The molecule has 10 amide bonds. The van der Waals surface area contributed by atoms with E-state index in [-0.39, 0.29) is 88.7 Å². The van der Waals surface area contributed by atoms with Crippen LogP contribution in [-0.2, 0) is 59.2 Å². The Morgan fingerprint density at radius 2 is 0.940 bits per heavy atom. The van der Waals surface area contributed by atoms with Gasteiger partial charge in [-0.25, -0.2) is 0 Å². The number of nitrogens with two attached hydrogens (primary N) is 4. The molecule has 0 unspecified atom stereocenters. The van der Waals surface area contributed by atoms with E-state index in [2.05, 4.69) is 58.5 Å². The molecule has 32 nitrogen and oxygen atoms in total. The number of unbranched alkanes of at least 4 members (excludes halogenated alkanes) is 2. The molecule has 0 saturated heterocycles. The van der Waals surface area contributed by atoms with Gasteiger partial charge in [0.15, 0.2) is 11.9 Å².